The van der Waals surface area contributed by atoms with E-state index >= 15 is 0 Å². The van der Waals surface area contributed by atoms with Gasteiger partial charge in [0.05, 0.1) is 0 Å². The third kappa shape index (κ3) is 3.72. The highest BCUT2D eigenvalue weighted by atomic mass is 16.4. The third-order valence-electron chi connectivity index (χ3n) is 5.07. The van der Waals surface area contributed by atoms with Gasteiger partial charge in [-0.2, -0.15) is 0 Å². The molecule has 0 amide bonds. The Morgan fingerprint density at radius 2 is 1.71 bits per heavy atom. The molecule has 0 aromatic heterocycles. The molecular weight excluding hydrogens is 255 g/mol. The minimum atomic E-state index is 0.0939. The van der Waals surface area contributed by atoms with Crippen LogP contribution in [0.3, 0.4) is 0 Å². The van der Waals surface area contributed by atoms with E-state index in [1.807, 2.05) is 18.2 Å². The average molecular weight is 280 g/mol. The Labute approximate surface area is 129 Å². The average Bonchev–Trinajstić information content (AvgIpc) is 2.52. The summed E-state index contributed by atoms with van der Waals surface area (Å²) in [7, 11) is 0. The molecule has 1 atom stereocenters. The second-order valence-electron chi connectivity index (χ2n) is 6.51. The molecule has 2 fully saturated rings. The van der Waals surface area contributed by atoms with E-state index < -0.39 is 0 Å². The van der Waals surface area contributed by atoms with Crippen molar-refractivity contribution in [3.8, 4) is 11.8 Å². The first kappa shape index (κ1) is 14.7. The van der Waals surface area contributed by atoms with Crippen molar-refractivity contribution in [2.45, 2.75) is 69.6 Å². The van der Waals surface area contributed by atoms with E-state index in [0.29, 0.717) is 6.92 Å². The molecule has 1 unspecified atom stereocenters. The lowest BCUT2D eigenvalue weighted by Crippen LogP contribution is -2.39. The van der Waals surface area contributed by atoms with Crippen molar-refractivity contribution in [3.05, 3.63) is 35.9 Å². The van der Waals surface area contributed by atoms with E-state index in [0.717, 1.165) is 23.6 Å². The molecule has 0 N–H and O–H groups in total. The van der Waals surface area contributed by atoms with Gasteiger partial charge in [0.1, 0.15) is 6.10 Å². The molecule has 1 nitrogen and oxygen atoms in total. The maximum Gasteiger partial charge on any atom is 0.301 e. The van der Waals surface area contributed by atoms with E-state index in [2.05, 4.69) is 30.9 Å². The fourth-order valence-corrected chi connectivity index (χ4v) is 3.94. The summed E-state index contributed by atoms with van der Waals surface area (Å²) in [5.41, 5.74) is 1.09. The SMILES string of the molecule is CCC(C#Cc1ccccc1)OB1C2CCCC1CCC2. The van der Waals surface area contributed by atoms with E-state index in [4.69, 9.17) is 4.65 Å². The zero-order chi connectivity index (χ0) is 14.5. The molecule has 3 rings (SSSR count). The lowest BCUT2D eigenvalue weighted by Gasteiger charge is -2.40. The van der Waals surface area contributed by atoms with Gasteiger partial charge in [-0.05, 0) is 30.2 Å². The van der Waals surface area contributed by atoms with Gasteiger partial charge in [0.25, 0.3) is 0 Å². The van der Waals surface area contributed by atoms with Crippen LogP contribution in [0.15, 0.2) is 30.3 Å². The van der Waals surface area contributed by atoms with Gasteiger partial charge in [0.15, 0.2) is 0 Å². The molecule has 2 heteroatoms. The monoisotopic (exact) mass is 280 g/mol. The Morgan fingerprint density at radius 1 is 1.10 bits per heavy atom. The van der Waals surface area contributed by atoms with Crippen molar-refractivity contribution in [2.24, 2.45) is 0 Å². The normalized spacial score (nSPS) is 25.9. The predicted octanol–water partition coefficient (Wildman–Crippen LogP) is 4.93. The van der Waals surface area contributed by atoms with Crippen LogP contribution in [-0.2, 0) is 4.65 Å². The summed E-state index contributed by atoms with van der Waals surface area (Å²) in [6, 6.07) is 10.2. The number of hydrogen-bond donors (Lipinski definition) is 0. The predicted molar refractivity (Wildman–Crippen MR) is 89.4 cm³/mol. The summed E-state index contributed by atoms with van der Waals surface area (Å²) in [5.74, 6) is 8.22. The van der Waals surface area contributed by atoms with Crippen molar-refractivity contribution >= 4 is 6.92 Å². The first-order valence-corrected chi connectivity index (χ1v) is 8.59. The van der Waals surface area contributed by atoms with Crippen molar-refractivity contribution < 1.29 is 4.65 Å². The molecule has 2 bridgehead atoms. The summed E-state index contributed by atoms with van der Waals surface area (Å²) >= 11 is 0. The second kappa shape index (κ2) is 7.18. The van der Waals surface area contributed by atoms with Crippen molar-refractivity contribution in [2.75, 3.05) is 0 Å². The maximum absolute atomic E-state index is 6.46. The van der Waals surface area contributed by atoms with E-state index in [1.165, 1.54) is 38.5 Å². The Hall–Kier alpha value is -1.20. The summed E-state index contributed by atoms with van der Waals surface area (Å²) < 4.78 is 6.46. The highest BCUT2D eigenvalue weighted by molar-refractivity contribution is 6.56. The number of hydrogen-bond acceptors (Lipinski definition) is 1. The molecule has 110 valence electrons. The second-order valence-corrected chi connectivity index (χ2v) is 6.51. The largest absolute Gasteiger partial charge is 0.422 e. The Kier molecular flexibility index (Phi) is 5.04. The first-order chi connectivity index (χ1) is 10.4. The minimum Gasteiger partial charge on any atom is -0.422 e. The quantitative estimate of drug-likeness (QED) is 0.563. The standard InChI is InChI=1S/C19H25BO/c1-2-19(15-14-16-8-4-3-5-9-16)21-20-17-10-6-11-18(20)13-7-12-17/h3-5,8-9,17-19H,2,6-7,10-13H2,1H3. The lowest BCUT2D eigenvalue weighted by atomic mass is 9.38. The zero-order valence-electron chi connectivity index (χ0n) is 13.1. The van der Waals surface area contributed by atoms with Gasteiger partial charge in [0, 0.05) is 5.56 Å². The van der Waals surface area contributed by atoms with Gasteiger partial charge >= 0.3 is 6.92 Å². The van der Waals surface area contributed by atoms with Crippen molar-refractivity contribution in [1.82, 2.24) is 0 Å². The van der Waals surface area contributed by atoms with Crippen LogP contribution in [0.25, 0.3) is 0 Å². The molecule has 2 saturated heterocycles. The molecule has 0 radical (unpaired) electrons. The Balaban J connectivity index is 1.66. The van der Waals surface area contributed by atoms with Crippen LogP contribution < -0.4 is 0 Å². The molecule has 0 saturated carbocycles. The summed E-state index contributed by atoms with van der Waals surface area (Å²) in [6.45, 7) is 2.66. The van der Waals surface area contributed by atoms with Gasteiger partial charge in [-0.15, -0.1) is 0 Å². The molecular formula is C19H25BO. The zero-order valence-corrected chi connectivity index (χ0v) is 13.1. The molecule has 2 aliphatic heterocycles. The van der Waals surface area contributed by atoms with Crippen LogP contribution in [-0.4, -0.2) is 13.0 Å². The lowest BCUT2D eigenvalue weighted by molar-refractivity contribution is 0.220. The smallest absolute Gasteiger partial charge is 0.301 e. The Morgan fingerprint density at radius 3 is 2.29 bits per heavy atom. The molecule has 2 heterocycles. The topological polar surface area (TPSA) is 9.23 Å². The van der Waals surface area contributed by atoms with Crippen LogP contribution in [0.1, 0.15) is 57.4 Å². The van der Waals surface area contributed by atoms with E-state index in [9.17, 15) is 0 Å². The van der Waals surface area contributed by atoms with Crippen LogP contribution in [0.5, 0.6) is 0 Å². The van der Waals surface area contributed by atoms with Gasteiger partial charge in [0.2, 0.25) is 0 Å². The summed E-state index contributed by atoms with van der Waals surface area (Å²) in [6.07, 6.45) is 9.34. The Bertz CT molecular complexity index is 479. The van der Waals surface area contributed by atoms with Gasteiger partial charge in [-0.25, -0.2) is 0 Å². The minimum absolute atomic E-state index is 0.0939. The van der Waals surface area contributed by atoms with Gasteiger partial charge < -0.3 is 4.65 Å². The van der Waals surface area contributed by atoms with Crippen LogP contribution in [0, 0.1) is 11.8 Å². The van der Waals surface area contributed by atoms with Crippen LogP contribution in [0.4, 0.5) is 0 Å². The first-order valence-electron chi connectivity index (χ1n) is 8.59. The summed E-state index contributed by atoms with van der Waals surface area (Å²) in [4.78, 5) is 0. The van der Waals surface area contributed by atoms with Gasteiger partial charge in [-0.1, -0.05) is 75.5 Å². The van der Waals surface area contributed by atoms with Gasteiger partial charge in [-0.3, -0.25) is 0 Å². The number of benzene rings is 1. The highest BCUT2D eigenvalue weighted by Gasteiger charge is 2.41. The van der Waals surface area contributed by atoms with Crippen LogP contribution >= 0.6 is 0 Å². The molecule has 1 aromatic rings. The molecule has 0 spiro atoms. The van der Waals surface area contributed by atoms with Crippen molar-refractivity contribution in [1.29, 1.82) is 0 Å². The summed E-state index contributed by atoms with van der Waals surface area (Å²) in [5, 5.41) is 0. The van der Waals surface area contributed by atoms with E-state index in [1.54, 1.807) is 0 Å². The van der Waals surface area contributed by atoms with Crippen LogP contribution in [0.2, 0.25) is 11.6 Å². The fraction of sp³-hybridized carbons (Fsp3) is 0.579. The highest BCUT2D eigenvalue weighted by Crippen LogP contribution is 2.47. The fourth-order valence-electron chi connectivity index (χ4n) is 3.94. The molecule has 21 heavy (non-hydrogen) atoms. The maximum atomic E-state index is 6.46. The van der Waals surface area contributed by atoms with Crippen molar-refractivity contribution in [3.63, 3.8) is 0 Å². The molecule has 0 aliphatic carbocycles. The molecule has 2 aliphatic rings. The number of rotatable bonds is 3. The van der Waals surface area contributed by atoms with E-state index in [-0.39, 0.29) is 6.10 Å². The third-order valence-corrected chi connectivity index (χ3v) is 5.07. The number of fused-ring (bicyclic) bond motifs is 2. The molecule has 1 aromatic carbocycles.